The van der Waals surface area contributed by atoms with Gasteiger partial charge in [0.15, 0.2) is 0 Å². The Balaban J connectivity index is 3.04. The highest BCUT2D eigenvalue weighted by Gasteiger charge is 2.13. The highest BCUT2D eigenvalue weighted by molar-refractivity contribution is 5.26. The smallest absolute Gasteiger partial charge is 0.330 e. The van der Waals surface area contributed by atoms with E-state index in [0.29, 0.717) is 5.92 Å². The Hall–Kier alpha value is -1.52. The first-order valence-corrected chi connectivity index (χ1v) is 5.57. The number of rotatable bonds is 4. The van der Waals surface area contributed by atoms with Crippen molar-refractivity contribution in [1.29, 1.82) is 0 Å². The van der Waals surface area contributed by atoms with Gasteiger partial charge in [0.1, 0.15) is 5.82 Å². The number of nitrogens with zero attached hydrogens (tertiary/aromatic N) is 1. The van der Waals surface area contributed by atoms with E-state index < -0.39 is 11.2 Å². The summed E-state index contributed by atoms with van der Waals surface area (Å²) in [5, 5.41) is 0. The van der Waals surface area contributed by atoms with E-state index in [4.69, 9.17) is 5.73 Å². The van der Waals surface area contributed by atoms with Gasteiger partial charge in [-0.15, -0.1) is 0 Å². The number of hydrogen-bond acceptors (Lipinski definition) is 3. The average Bonchev–Trinajstić information content (AvgIpc) is 2.15. The molecule has 1 heterocycles. The molecule has 0 saturated heterocycles. The number of nitrogen functional groups attached to an aromatic ring is 1. The molecule has 0 aliphatic carbocycles. The van der Waals surface area contributed by atoms with E-state index in [1.165, 1.54) is 10.6 Å². The lowest BCUT2D eigenvalue weighted by molar-refractivity contribution is 0.391. The molecule has 0 radical (unpaired) electrons. The normalized spacial score (nSPS) is 14.7. The maximum atomic E-state index is 11.6. The molecule has 1 rings (SSSR count). The van der Waals surface area contributed by atoms with Crippen LogP contribution in [0.2, 0.25) is 0 Å². The molecule has 5 nitrogen and oxygen atoms in total. The third-order valence-electron chi connectivity index (χ3n) is 2.89. The lowest BCUT2D eigenvalue weighted by Gasteiger charge is -2.19. The first-order chi connectivity index (χ1) is 7.45. The van der Waals surface area contributed by atoms with Gasteiger partial charge < -0.3 is 5.73 Å². The molecule has 2 unspecified atom stereocenters. The number of aromatic amines is 1. The van der Waals surface area contributed by atoms with Crippen molar-refractivity contribution in [1.82, 2.24) is 9.55 Å². The van der Waals surface area contributed by atoms with Crippen LogP contribution in [-0.4, -0.2) is 9.55 Å². The van der Waals surface area contributed by atoms with Gasteiger partial charge in [0.2, 0.25) is 0 Å². The molecular weight excluding hydrogens is 206 g/mol. The van der Waals surface area contributed by atoms with Crippen molar-refractivity contribution in [2.24, 2.45) is 5.92 Å². The highest BCUT2D eigenvalue weighted by atomic mass is 16.2. The van der Waals surface area contributed by atoms with E-state index in [-0.39, 0.29) is 11.9 Å². The molecule has 5 heteroatoms. The van der Waals surface area contributed by atoms with Crippen LogP contribution in [0.25, 0.3) is 0 Å². The lowest BCUT2D eigenvalue weighted by atomic mass is 10.0. The number of anilines is 1. The van der Waals surface area contributed by atoms with Crippen molar-refractivity contribution < 1.29 is 0 Å². The van der Waals surface area contributed by atoms with Crippen molar-refractivity contribution in [3.63, 3.8) is 0 Å². The zero-order chi connectivity index (χ0) is 12.3. The summed E-state index contributed by atoms with van der Waals surface area (Å²) in [6, 6.07) is 1.24. The van der Waals surface area contributed by atoms with Crippen LogP contribution in [0.15, 0.2) is 15.7 Å². The molecule has 0 bridgehead atoms. The van der Waals surface area contributed by atoms with E-state index in [2.05, 4.69) is 18.8 Å². The Kier molecular flexibility index (Phi) is 3.93. The third kappa shape index (κ3) is 2.74. The fraction of sp³-hybridized carbons (Fsp3) is 0.636. The maximum absolute atomic E-state index is 11.6. The van der Waals surface area contributed by atoms with Gasteiger partial charge in [-0.05, 0) is 19.3 Å². The van der Waals surface area contributed by atoms with Gasteiger partial charge in [-0.3, -0.25) is 14.3 Å². The predicted molar refractivity (Wildman–Crippen MR) is 64.5 cm³/mol. The Bertz CT molecular complexity index is 461. The molecule has 0 fully saturated rings. The summed E-state index contributed by atoms with van der Waals surface area (Å²) in [5.41, 5.74) is 4.80. The van der Waals surface area contributed by atoms with E-state index in [0.717, 1.165) is 12.8 Å². The largest absolute Gasteiger partial charge is 0.385 e. The van der Waals surface area contributed by atoms with Crippen LogP contribution < -0.4 is 17.0 Å². The van der Waals surface area contributed by atoms with Crippen molar-refractivity contribution >= 4 is 5.82 Å². The summed E-state index contributed by atoms with van der Waals surface area (Å²) in [7, 11) is 0. The zero-order valence-electron chi connectivity index (χ0n) is 9.99. The first-order valence-electron chi connectivity index (χ1n) is 5.57. The van der Waals surface area contributed by atoms with Gasteiger partial charge in [-0.2, -0.15) is 0 Å². The van der Waals surface area contributed by atoms with Gasteiger partial charge in [0.25, 0.3) is 5.56 Å². The Morgan fingerprint density at radius 1 is 1.44 bits per heavy atom. The van der Waals surface area contributed by atoms with Crippen LogP contribution in [0, 0.1) is 5.92 Å². The minimum Gasteiger partial charge on any atom is -0.385 e. The second-order valence-corrected chi connectivity index (χ2v) is 4.33. The van der Waals surface area contributed by atoms with Gasteiger partial charge in [-0.1, -0.05) is 20.3 Å². The van der Waals surface area contributed by atoms with E-state index in [1.807, 2.05) is 6.92 Å². The second kappa shape index (κ2) is 5.01. The summed E-state index contributed by atoms with van der Waals surface area (Å²) in [5.74, 6) is 0.748. The van der Waals surface area contributed by atoms with Crippen LogP contribution in [0.5, 0.6) is 0 Å². The molecule has 0 amide bonds. The SMILES string of the molecule is CCC(C)CC(C)n1c(N)cc(=O)[nH]c1=O. The number of nitrogens with two attached hydrogens (primary N) is 1. The van der Waals surface area contributed by atoms with Crippen LogP contribution in [0.1, 0.15) is 39.7 Å². The first kappa shape index (κ1) is 12.5. The van der Waals surface area contributed by atoms with Gasteiger partial charge in [0, 0.05) is 12.1 Å². The summed E-state index contributed by atoms with van der Waals surface area (Å²) >= 11 is 0. The topological polar surface area (TPSA) is 80.9 Å². The number of H-pyrrole nitrogens is 1. The molecule has 90 valence electrons. The fourth-order valence-electron chi connectivity index (χ4n) is 1.83. The quantitative estimate of drug-likeness (QED) is 0.805. The molecule has 1 aromatic heterocycles. The lowest BCUT2D eigenvalue weighted by Crippen LogP contribution is -2.33. The summed E-state index contributed by atoms with van der Waals surface area (Å²) in [6.45, 7) is 6.17. The molecule has 0 aliphatic rings. The van der Waals surface area contributed by atoms with Crippen LogP contribution in [0.3, 0.4) is 0 Å². The molecule has 0 spiro atoms. The van der Waals surface area contributed by atoms with Crippen LogP contribution in [0.4, 0.5) is 5.82 Å². The van der Waals surface area contributed by atoms with E-state index in [9.17, 15) is 9.59 Å². The fourth-order valence-corrected chi connectivity index (χ4v) is 1.83. The van der Waals surface area contributed by atoms with Gasteiger partial charge in [0.05, 0.1) is 0 Å². The number of nitrogens with one attached hydrogen (secondary N) is 1. The van der Waals surface area contributed by atoms with E-state index in [1.54, 1.807) is 0 Å². The molecule has 0 aromatic carbocycles. The van der Waals surface area contributed by atoms with Crippen molar-refractivity contribution in [2.75, 3.05) is 5.73 Å². The predicted octanol–water partition coefficient (Wildman–Crippen LogP) is 1.12. The maximum Gasteiger partial charge on any atom is 0.330 e. The minimum atomic E-state index is -0.450. The third-order valence-corrected chi connectivity index (χ3v) is 2.89. The summed E-state index contributed by atoms with van der Waals surface area (Å²) in [6.07, 6.45) is 1.93. The highest BCUT2D eigenvalue weighted by Crippen LogP contribution is 2.19. The Morgan fingerprint density at radius 2 is 2.06 bits per heavy atom. The zero-order valence-corrected chi connectivity index (χ0v) is 9.99. The Labute approximate surface area is 94.3 Å². The standard InChI is InChI=1S/C11H19N3O2/c1-4-7(2)5-8(3)14-9(12)6-10(15)13-11(14)16/h6-8H,4-5,12H2,1-3H3,(H,13,15,16). The van der Waals surface area contributed by atoms with Crippen molar-refractivity contribution in [3.8, 4) is 0 Å². The molecule has 1 aromatic rings. The summed E-state index contributed by atoms with van der Waals surface area (Å²) in [4.78, 5) is 24.8. The van der Waals surface area contributed by atoms with E-state index >= 15 is 0 Å². The molecule has 0 aliphatic heterocycles. The van der Waals surface area contributed by atoms with Crippen LogP contribution in [-0.2, 0) is 0 Å². The molecule has 0 saturated carbocycles. The second-order valence-electron chi connectivity index (χ2n) is 4.33. The van der Waals surface area contributed by atoms with Crippen molar-refractivity contribution in [3.05, 3.63) is 26.9 Å². The minimum absolute atomic E-state index is 0.000648. The number of hydrogen-bond donors (Lipinski definition) is 2. The molecule has 16 heavy (non-hydrogen) atoms. The van der Waals surface area contributed by atoms with Gasteiger partial charge in [-0.25, -0.2) is 4.79 Å². The summed E-state index contributed by atoms with van der Waals surface area (Å²) < 4.78 is 1.44. The molecular formula is C11H19N3O2. The Morgan fingerprint density at radius 3 is 2.56 bits per heavy atom. The van der Waals surface area contributed by atoms with Crippen LogP contribution >= 0.6 is 0 Å². The molecule has 2 atom stereocenters. The van der Waals surface area contributed by atoms with Gasteiger partial charge >= 0.3 is 5.69 Å². The van der Waals surface area contributed by atoms with Crippen molar-refractivity contribution in [2.45, 2.75) is 39.7 Å². The molecule has 3 N–H and O–H groups in total. The average molecular weight is 225 g/mol. The number of aromatic nitrogens is 2. The monoisotopic (exact) mass is 225 g/mol.